The first-order valence-electron chi connectivity index (χ1n) is 6.03. The number of rotatable bonds is 4. The smallest absolute Gasteiger partial charge is 0.228 e. The van der Waals surface area contributed by atoms with Crippen molar-refractivity contribution in [2.24, 2.45) is 0 Å². The molecule has 1 N–H and O–H groups in total. The minimum absolute atomic E-state index is 0.0740. The average Bonchev–Trinajstić information content (AvgIpc) is 2.39. The molecule has 1 heterocycles. The van der Waals surface area contributed by atoms with Crippen molar-refractivity contribution in [2.45, 2.75) is 13.3 Å². The van der Waals surface area contributed by atoms with Gasteiger partial charge in [-0.3, -0.25) is 9.78 Å². The van der Waals surface area contributed by atoms with Crippen LogP contribution in [0.2, 0.25) is 0 Å². The fourth-order valence-corrected chi connectivity index (χ4v) is 1.85. The molecule has 4 heteroatoms. The van der Waals surface area contributed by atoms with E-state index < -0.39 is 0 Å². The van der Waals surface area contributed by atoms with Gasteiger partial charge in [0.1, 0.15) is 5.75 Å². The molecule has 0 radical (unpaired) electrons. The van der Waals surface area contributed by atoms with Gasteiger partial charge in [-0.2, -0.15) is 0 Å². The number of hydrogen-bond donors (Lipinski definition) is 1. The first kappa shape index (κ1) is 13.1. The number of nitrogens with one attached hydrogen (secondary N) is 1. The normalized spacial score (nSPS) is 10.0. The molecular formula is C15H16N2O2. The van der Waals surface area contributed by atoms with E-state index in [0.29, 0.717) is 0 Å². The van der Waals surface area contributed by atoms with Gasteiger partial charge in [-0.1, -0.05) is 18.2 Å². The number of benzene rings is 1. The molecule has 19 heavy (non-hydrogen) atoms. The van der Waals surface area contributed by atoms with E-state index in [4.69, 9.17) is 4.74 Å². The van der Waals surface area contributed by atoms with Crippen molar-refractivity contribution < 1.29 is 9.53 Å². The maximum atomic E-state index is 12.0. The number of carbonyl (C=O) groups excluding carboxylic acids is 1. The largest absolute Gasteiger partial charge is 0.496 e. The maximum Gasteiger partial charge on any atom is 0.228 e. The first-order valence-corrected chi connectivity index (χ1v) is 6.03. The molecule has 0 spiro atoms. The number of anilines is 1. The van der Waals surface area contributed by atoms with Gasteiger partial charge in [0.05, 0.1) is 13.5 Å². The van der Waals surface area contributed by atoms with Crippen molar-refractivity contribution >= 4 is 11.6 Å². The fourth-order valence-electron chi connectivity index (χ4n) is 1.85. The van der Waals surface area contributed by atoms with E-state index in [1.165, 1.54) is 0 Å². The third-order valence-corrected chi connectivity index (χ3v) is 2.72. The predicted octanol–water partition coefficient (Wildman–Crippen LogP) is 2.58. The number of ether oxygens (including phenoxy) is 1. The lowest BCUT2D eigenvalue weighted by molar-refractivity contribution is -0.115. The molecule has 0 saturated carbocycles. The lowest BCUT2D eigenvalue weighted by Gasteiger charge is -2.09. The number of methoxy groups -OCH3 is 1. The van der Waals surface area contributed by atoms with Gasteiger partial charge in [0.2, 0.25) is 5.91 Å². The Balaban J connectivity index is 2.05. The number of nitrogens with zero attached hydrogens (tertiary/aromatic N) is 1. The molecule has 0 aliphatic carbocycles. The van der Waals surface area contributed by atoms with Crippen LogP contribution in [0, 0.1) is 6.92 Å². The highest BCUT2D eigenvalue weighted by Crippen LogP contribution is 2.18. The number of carbonyl (C=O) groups is 1. The average molecular weight is 256 g/mol. The number of aryl methyl sites for hydroxylation is 1. The summed E-state index contributed by atoms with van der Waals surface area (Å²) in [4.78, 5) is 16.1. The molecule has 2 aromatic rings. The van der Waals surface area contributed by atoms with Crippen molar-refractivity contribution in [3.63, 3.8) is 0 Å². The molecular weight excluding hydrogens is 240 g/mol. The Kier molecular flexibility index (Phi) is 4.13. The van der Waals surface area contributed by atoms with Crippen molar-refractivity contribution in [1.82, 2.24) is 4.98 Å². The second kappa shape index (κ2) is 6.00. The Morgan fingerprint density at radius 1 is 1.32 bits per heavy atom. The second-order valence-corrected chi connectivity index (χ2v) is 4.22. The summed E-state index contributed by atoms with van der Waals surface area (Å²) in [6.45, 7) is 1.88. The van der Waals surface area contributed by atoms with Crippen LogP contribution >= 0.6 is 0 Å². The van der Waals surface area contributed by atoms with Crippen LogP contribution in [-0.4, -0.2) is 18.0 Å². The first-order chi connectivity index (χ1) is 9.19. The molecule has 0 saturated heterocycles. The SMILES string of the molecule is COc1ccccc1CC(=O)Nc1ccnc(C)c1. The lowest BCUT2D eigenvalue weighted by Crippen LogP contribution is -2.15. The van der Waals surface area contributed by atoms with E-state index in [9.17, 15) is 4.79 Å². The zero-order chi connectivity index (χ0) is 13.7. The molecule has 2 rings (SSSR count). The van der Waals surface area contributed by atoms with E-state index in [-0.39, 0.29) is 12.3 Å². The van der Waals surface area contributed by atoms with Gasteiger partial charge in [0.25, 0.3) is 0 Å². The monoisotopic (exact) mass is 256 g/mol. The Bertz CT molecular complexity index is 582. The molecule has 1 aromatic heterocycles. The molecule has 4 nitrogen and oxygen atoms in total. The van der Waals surface area contributed by atoms with Crippen LogP contribution in [0.3, 0.4) is 0 Å². The topological polar surface area (TPSA) is 51.2 Å². The van der Waals surface area contributed by atoms with E-state index in [1.807, 2.05) is 37.3 Å². The molecule has 0 fully saturated rings. The third kappa shape index (κ3) is 3.55. The van der Waals surface area contributed by atoms with E-state index in [0.717, 1.165) is 22.7 Å². The quantitative estimate of drug-likeness (QED) is 0.914. The predicted molar refractivity (Wildman–Crippen MR) is 74.3 cm³/mol. The summed E-state index contributed by atoms with van der Waals surface area (Å²) in [6, 6.07) is 11.1. The summed E-state index contributed by atoms with van der Waals surface area (Å²) in [5, 5.41) is 2.85. The van der Waals surface area contributed by atoms with E-state index >= 15 is 0 Å². The molecule has 1 aromatic carbocycles. The third-order valence-electron chi connectivity index (χ3n) is 2.72. The van der Waals surface area contributed by atoms with Crippen LogP contribution in [0.1, 0.15) is 11.3 Å². The van der Waals surface area contributed by atoms with Crippen LogP contribution in [0.25, 0.3) is 0 Å². The van der Waals surface area contributed by atoms with Gasteiger partial charge >= 0.3 is 0 Å². The van der Waals surface area contributed by atoms with E-state index in [1.54, 1.807) is 19.4 Å². The zero-order valence-corrected chi connectivity index (χ0v) is 11.0. The van der Waals surface area contributed by atoms with Crippen LogP contribution in [-0.2, 0) is 11.2 Å². The Morgan fingerprint density at radius 2 is 2.11 bits per heavy atom. The Morgan fingerprint density at radius 3 is 2.84 bits per heavy atom. The van der Waals surface area contributed by atoms with Crippen LogP contribution in [0.5, 0.6) is 5.75 Å². The molecule has 0 atom stereocenters. The van der Waals surface area contributed by atoms with Gasteiger partial charge in [-0.15, -0.1) is 0 Å². The molecule has 0 unspecified atom stereocenters. The van der Waals surface area contributed by atoms with Gasteiger partial charge < -0.3 is 10.1 Å². The summed E-state index contributed by atoms with van der Waals surface area (Å²) in [6.07, 6.45) is 1.96. The van der Waals surface area contributed by atoms with E-state index in [2.05, 4.69) is 10.3 Å². The van der Waals surface area contributed by atoms with Gasteiger partial charge in [0.15, 0.2) is 0 Å². The number of amides is 1. The molecule has 0 bridgehead atoms. The van der Waals surface area contributed by atoms with Crippen molar-refractivity contribution in [1.29, 1.82) is 0 Å². The summed E-state index contributed by atoms with van der Waals surface area (Å²) in [5.41, 5.74) is 2.50. The summed E-state index contributed by atoms with van der Waals surface area (Å²) in [5.74, 6) is 0.652. The molecule has 98 valence electrons. The summed E-state index contributed by atoms with van der Waals surface area (Å²) in [7, 11) is 1.60. The number of hydrogen-bond acceptors (Lipinski definition) is 3. The Hall–Kier alpha value is -2.36. The molecule has 0 aliphatic heterocycles. The number of para-hydroxylation sites is 1. The van der Waals surface area contributed by atoms with Crippen LogP contribution in [0.4, 0.5) is 5.69 Å². The minimum atomic E-state index is -0.0740. The molecule has 0 aliphatic rings. The van der Waals surface area contributed by atoms with Crippen molar-refractivity contribution in [3.8, 4) is 5.75 Å². The highest BCUT2D eigenvalue weighted by Gasteiger charge is 2.08. The number of pyridine rings is 1. The second-order valence-electron chi connectivity index (χ2n) is 4.22. The maximum absolute atomic E-state index is 12.0. The standard InChI is InChI=1S/C15H16N2O2/c1-11-9-13(7-8-16-11)17-15(18)10-12-5-3-4-6-14(12)19-2/h3-9H,10H2,1-2H3,(H,16,17,18). The van der Waals surface area contributed by atoms with Crippen molar-refractivity contribution in [2.75, 3.05) is 12.4 Å². The van der Waals surface area contributed by atoms with Crippen LogP contribution < -0.4 is 10.1 Å². The lowest BCUT2D eigenvalue weighted by atomic mass is 10.1. The summed E-state index contributed by atoms with van der Waals surface area (Å²) < 4.78 is 5.23. The minimum Gasteiger partial charge on any atom is -0.496 e. The summed E-state index contributed by atoms with van der Waals surface area (Å²) >= 11 is 0. The van der Waals surface area contributed by atoms with Crippen molar-refractivity contribution in [3.05, 3.63) is 53.9 Å². The van der Waals surface area contributed by atoms with Crippen LogP contribution in [0.15, 0.2) is 42.6 Å². The molecule has 1 amide bonds. The fraction of sp³-hybridized carbons (Fsp3) is 0.200. The highest BCUT2D eigenvalue weighted by molar-refractivity contribution is 5.92. The highest BCUT2D eigenvalue weighted by atomic mass is 16.5. The zero-order valence-electron chi connectivity index (χ0n) is 11.0. The van der Waals surface area contributed by atoms with Gasteiger partial charge in [-0.25, -0.2) is 0 Å². The van der Waals surface area contributed by atoms with Gasteiger partial charge in [0, 0.05) is 23.1 Å². The Labute approximate surface area is 112 Å². The van der Waals surface area contributed by atoms with Gasteiger partial charge in [-0.05, 0) is 25.1 Å². The number of aromatic nitrogens is 1.